The normalized spacial score (nSPS) is 17.9. The molecule has 1 heterocycles. The van der Waals surface area contributed by atoms with Crippen LogP contribution in [-0.2, 0) is 6.18 Å². The Bertz CT molecular complexity index is 372. The molecule has 0 aliphatic heterocycles. The molecule has 0 bridgehead atoms. The van der Waals surface area contributed by atoms with Crippen LogP contribution in [0.15, 0.2) is 12.1 Å². The minimum Gasteiger partial charge on any atom is -0.367 e. The molecule has 7 heteroatoms. The molecule has 0 amide bonds. The Labute approximate surface area is 96.4 Å². The van der Waals surface area contributed by atoms with Gasteiger partial charge in [0.2, 0.25) is 0 Å². The molecule has 1 aliphatic rings. The van der Waals surface area contributed by atoms with Crippen LogP contribution in [0.4, 0.5) is 19.0 Å². The molecule has 1 aliphatic carbocycles. The number of nitrogens with zero attached hydrogens (tertiary/aromatic N) is 2. The zero-order valence-corrected chi connectivity index (χ0v) is 9.04. The number of hydrogen-bond acceptors (Lipinski definition) is 4. The van der Waals surface area contributed by atoms with Gasteiger partial charge in [0.1, 0.15) is 5.82 Å². The van der Waals surface area contributed by atoms with Crippen LogP contribution in [0.25, 0.3) is 0 Å². The van der Waals surface area contributed by atoms with Crippen LogP contribution in [0.1, 0.15) is 18.5 Å². The lowest BCUT2D eigenvalue weighted by Gasteiger charge is -2.12. The molecular formula is C10H13F3N4. The van der Waals surface area contributed by atoms with E-state index in [0.717, 1.165) is 18.9 Å². The summed E-state index contributed by atoms with van der Waals surface area (Å²) in [4.78, 5) is 0. The Hall–Kier alpha value is -1.37. The summed E-state index contributed by atoms with van der Waals surface area (Å²) in [5, 5.41) is 9.45. The van der Waals surface area contributed by atoms with Crippen LogP contribution in [-0.4, -0.2) is 22.8 Å². The first-order valence-corrected chi connectivity index (χ1v) is 5.37. The van der Waals surface area contributed by atoms with Crippen LogP contribution in [0.3, 0.4) is 0 Å². The first-order valence-electron chi connectivity index (χ1n) is 5.37. The van der Waals surface area contributed by atoms with E-state index in [1.54, 1.807) is 0 Å². The SMILES string of the molecule is NC(CNc1ccc(C(F)(F)F)nn1)C1CC1. The van der Waals surface area contributed by atoms with Gasteiger partial charge in [-0.15, -0.1) is 10.2 Å². The third-order valence-corrected chi connectivity index (χ3v) is 2.70. The van der Waals surface area contributed by atoms with Crippen molar-refractivity contribution in [3.63, 3.8) is 0 Å². The molecule has 0 saturated heterocycles. The first-order chi connectivity index (χ1) is 7.97. The van der Waals surface area contributed by atoms with E-state index in [4.69, 9.17) is 5.73 Å². The number of nitrogens with two attached hydrogens (primary N) is 1. The molecule has 1 unspecified atom stereocenters. The van der Waals surface area contributed by atoms with Crippen molar-refractivity contribution in [1.29, 1.82) is 0 Å². The molecule has 0 aromatic carbocycles. The molecule has 1 fully saturated rings. The van der Waals surface area contributed by atoms with Crippen molar-refractivity contribution in [2.24, 2.45) is 11.7 Å². The monoisotopic (exact) mass is 246 g/mol. The fourth-order valence-corrected chi connectivity index (χ4v) is 1.49. The minimum absolute atomic E-state index is 0.0269. The van der Waals surface area contributed by atoms with Gasteiger partial charge in [-0.1, -0.05) is 0 Å². The van der Waals surface area contributed by atoms with E-state index in [0.29, 0.717) is 18.3 Å². The Morgan fingerprint density at radius 1 is 1.35 bits per heavy atom. The quantitative estimate of drug-likeness (QED) is 0.847. The summed E-state index contributed by atoms with van der Waals surface area (Å²) < 4.78 is 36.6. The molecule has 17 heavy (non-hydrogen) atoms. The number of anilines is 1. The third-order valence-electron chi connectivity index (χ3n) is 2.70. The smallest absolute Gasteiger partial charge is 0.367 e. The molecule has 1 saturated carbocycles. The zero-order chi connectivity index (χ0) is 12.5. The lowest BCUT2D eigenvalue weighted by Crippen LogP contribution is -2.31. The molecule has 1 atom stereocenters. The summed E-state index contributed by atoms with van der Waals surface area (Å²) >= 11 is 0. The molecule has 1 aromatic heterocycles. The lowest BCUT2D eigenvalue weighted by molar-refractivity contribution is -0.141. The highest BCUT2D eigenvalue weighted by atomic mass is 19.4. The van der Waals surface area contributed by atoms with Gasteiger partial charge in [0.25, 0.3) is 0 Å². The van der Waals surface area contributed by atoms with Gasteiger partial charge < -0.3 is 11.1 Å². The Balaban J connectivity index is 1.89. The number of nitrogens with one attached hydrogen (secondary N) is 1. The number of aromatic nitrogens is 2. The van der Waals surface area contributed by atoms with E-state index >= 15 is 0 Å². The second-order valence-electron chi connectivity index (χ2n) is 4.18. The average molecular weight is 246 g/mol. The summed E-state index contributed by atoms with van der Waals surface area (Å²) in [6, 6.07) is 2.19. The summed E-state index contributed by atoms with van der Waals surface area (Å²) in [6.45, 7) is 0.505. The predicted molar refractivity (Wildman–Crippen MR) is 56.2 cm³/mol. The van der Waals surface area contributed by atoms with Crippen LogP contribution in [0.5, 0.6) is 0 Å². The van der Waals surface area contributed by atoms with Crippen LogP contribution >= 0.6 is 0 Å². The Morgan fingerprint density at radius 3 is 2.53 bits per heavy atom. The van der Waals surface area contributed by atoms with Crippen molar-refractivity contribution in [3.8, 4) is 0 Å². The summed E-state index contributed by atoms with van der Waals surface area (Å²) in [5.41, 5.74) is 4.84. The Kier molecular flexibility index (Phi) is 3.19. The number of alkyl halides is 3. The highest BCUT2D eigenvalue weighted by Crippen LogP contribution is 2.31. The maximum Gasteiger partial charge on any atom is 0.435 e. The van der Waals surface area contributed by atoms with Gasteiger partial charge in [-0.25, -0.2) is 0 Å². The van der Waals surface area contributed by atoms with Crippen molar-refractivity contribution >= 4 is 5.82 Å². The van der Waals surface area contributed by atoms with Gasteiger partial charge in [0.05, 0.1) is 0 Å². The van der Waals surface area contributed by atoms with Crippen molar-refractivity contribution < 1.29 is 13.2 Å². The molecule has 94 valence electrons. The van der Waals surface area contributed by atoms with Gasteiger partial charge in [-0.3, -0.25) is 0 Å². The van der Waals surface area contributed by atoms with Crippen molar-refractivity contribution in [2.45, 2.75) is 25.1 Å². The number of rotatable bonds is 4. The van der Waals surface area contributed by atoms with E-state index in [1.807, 2.05) is 0 Å². The maximum absolute atomic E-state index is 12.2. The van der Waals surface area contributed by atoms with Crippen molar-refractivity contribution in [2.75, 3.05) is 11.9 Å². The molecule has 2 rings (SSSR count). The number of halogens is 3. The fourth-order valence-electron chi connectivity index (χ4n) is 1.49. The second-order valence-corrected chi connectivity index (χ2v) is 4.18. The van der Waals surface area contributed by atoms with Gasteiger partial charge >= 0.3 is 6.18 Å². The third kappa shape index (κ3) is 3.29. The summed E-state index contributed by atoms with van der Waals surface area (Å²) in [6.07, 6.45) is -2.20. The molecule has 3 N–H and O–H groups in total. The topological polar surface area (TPSA) is 63.8 Å². The van der Waals surface area contributed by atoms with Gasteiger partial charge in [0.15, 0.2) is 5.69 Å². The zero-order valence-electron chi connectivity index (χ0n) is 9.04. The molecule has 0 spiro atoms. The first kappa shape index (κ1) is 12.1. The fraction of sp³-hybridized carbons (Fsp3) is 0.600. The summed E-state index contributed by atoms with van der Waals surface area (Å²) in [7, 11) is 0. The van der Waals surface area contributed by atoms with Crippen molar-refractivity contribution in [3.05, 3.63) is 17.8 Å². The molecule has 0 radical (unpaired) electrons. The molecular weight excluding hydrogens is 233 g/mol. The van der Waals surface area contributed by atoms with Crippen LogP contribution < -0.4 is 11.1 Å². The van der Waals surface area contributed by atoms with Crippen molar-refractivity contribution in [1.82, 2.24) is 10.2 Å². The minimum atomic E-state index is -4.45. The van der Waals surface area contributed by atoms with Gasteiger partial charge in [-0.05, 0) is 30.9 Å². The largest absolute Gasteiger partial charge is 0.435 e. The standard InChI is InChI=1S/C10H13F3N4/c11-10(12,13)8-3-4-9(17-16-8)15-5-7(14)6-1-2-6/h3-4,6-7H,1-2,5,14H2,(H,15,17). The van der Waals surface area contributed by atoms with Gasteiger partial charge in [-0.2, -0.15) is 13.2 Å². The summed E-state index contributed by atoms with van der Waals surface area (Å²) in [5.74, 6) is 0.846. The van der Waals surface area contributed by atoms with E-state index in [1.165, 1.54) is 6.07 Å². The highest BCUT2D eigenvalue weighted by molar-refractivity contribution is 5.33. The van der Waals surface area contributed by atoms with Crippen LogP contribution in [0, 0.1) is 5.92 Å². The predicted octanol–water partition coefficient (Wildman–Crippen LogP) is 1.64. The highest BCUT2D eigenvalue weighted by Gasteiger charge is 2.33. The van der Waals surface area contributed by atoms with E-state index in [9.17, 15) is 13.2 Å². The van der Waals surface area contributed by atoms with Crippen LogP contribution in [0.2, 0.25) is 0 Å². The molecule has 4 nitrogen and oxygen atoms in total. The van der Waals surface area contributed by atoms with E-state index in [-0.39, 0.29) is 6.04 Å². The molecule has 1 aromatic rings. The van der Waals surface area contributed by atoms with E-state index < -0.39 is 11.9 Å². The second kappa shape index (κ2) is 4.48. The van der Waals surface area contributed by atoms with Gasteiger partial charge in [0, 0.05) is 12.6 Å². The van der Waals surface area contributed by atoms with E-state index in [2.05, 4.69) is 15.5 Å². The Morgan fingerprint density at radius 2 is 2.06 bits per heavy atom. The lowest BCUT2D eigenvalue weighted by atomic mass is 10.2. The maximum atomic E-state index is 12.2. The average Bonchev–Trinajstić information content (AvgIpc) is 3.09. The number of hydrogen-bond donors (Lipinski definition) is 2.